The van der Waals surface area contributed by atoms with E-state index in [0.717, 1.165) is 11.3 Å². The lowest BCUT2D eigenvalue weighted by atomic mass is 10.1. The van der Waals surface area contributed by atoms with Crippen molar-refractivity contribution >= 4 is 23.6 Å². The lowest BCUT2D eigenvalue weighted by molar-refractivity contribution is -0.139. The highest BCUT2D eigenvalue weighted by Gasteiger charge is 2.28. The Morgan fingerprint density at radius 2 is 1.79 bits per heavy atom. The van der Waals surface area contributed by atoms with Crippen LogP contribution in [0.15, 0.2) is 48.5 Å². The van der Waals surface area contributed by atoms with Gasteiger partial charge in [0, 0.05) is 18.8 Å². The van der Waals surface area contributed by atoms with Gasteiger partial charge in [0.25, 0.3) is 0 Å². The van der Waals surface area contributed by atoms with Crippen LogP contribution in [0.5, 0.6) is 0 Å². The van der Waals surface area contributed by atoms with Gasteiger partial charge < -0.3 is 10.2 Å². The molecule has 0 aliphatic rings. The first-order valence-corrected chi connectivity index (χ1v) is 11.1. The van der Waals surface area contributed by atoms with E-state index in [1.807, 2.05) is 26.0 Å². The molecule has 1 N–H and O–H groups in total. The zero-order valence-electron chi connectivity index (χ0n) is 17.3. The minimum atomic E-state index is -0.549. The Morgan fingerprint density at radius 3 is 2.41 bits per heavy atom. The minimum Gasteiger partial charge on any atom is -0.355 e. The third kappa shape index (κ3) is 6.89. The van der Waals surface area contributed by atoms with Gasteiger partial charge in [-0.15, -0.1) is 11.8 Å². The molecular formula is C23H29FN2O2S. The molecule has 4 nitrogen and oxygen atoms in total. The van der Waals surface area contributed by atoms with Crippen LogP contribution in [-0.4, -0.2) is 35.1 Å². The number of rotatable bonds is 10. The van der Waals surface area contributed by atoms with Crippen molar-refractivity contribution in [3.05, 3.63) is 71.0 Å². The predicted molar refractivity (Wildman–Crippen MR) is 117 cm³/mol. The summed E-state index contributed by atoms with van der Waals surface area (Å²) in [6, 6.07) is 13.6. The molecule has 1 atom stereocenters. The number of aryl methyl sites for hydroxylation is 1. The Morgan fingerprint density at radius 1 is 1.10 bits per heavy atom. The number of nitrogens with one attached hydrogen (secondary N) is 1. The molecule has 0 unspecified atom stereocenters. The molecule has 0 saturated heterocycles. The normalized spacial score (nSPS) is 11.7. The summed E-state index contributed by atoms with van der Waals surface area (Å²) in [5.41, 5.74) is 3.20. The van der Waals surface area contributed by atoms with E-state index in [1.165, 1.54) is 23.3 Å². The maximum Gasteiger partial charge on any atom is 0.242 e. The van der Waals surface area contributed by atoms with Gasteiger partial charge in [0.15, 0.2) is 0 Å². The van der Waals surface area contributed by atoms with E-state index in [4.69, 9.17) is 0 Å². The van der Waals surface area contributed by atoms with Crippen LogP contribution in [0.1, 0.15) is 37.0 Å². The Kier molecular flexibility index (Phi) is 9.19. The number of halogens is 1. The number of amides is 2. The van der Waals surface area contributed by atoms with Crippen molar-refractivity contribution in [2.24, 2.45) is 0 Å². The average Bonchev–Trinajstić information content (AvgIpc) is 2.71. The van der Waals surface area contributed by atoms with Crippen LogP contribution in [0, 0.1) is 12.7 Å². The number of hydrogen-bond acceptors (Lipinski definition) is 3. The maximum absolute atomic E-state index is 13.2. The average molecular weight is 417 g/mol. The highest BCUT2D eigenvalue weighted by atomic mass is 32.2. The molecule has 0 fully saturated rings. The molecule has 2 rings (SSSR count). The van der Waals surface area contributed by atoms with E-state index in [2.05, 4.69) is 24.4 Å². The zero-order valence-corrected chi connectivity index (χ0v) is 18.1. The predicted octanol–water partition coefficient (Wildman–Crippen LogP) is 4.31. The summed E-state index contributed by atoms with van der Waals surface area (Å²) < 4.78 is 13.2. The van der Waals surface area contributed by atoms with Crippen molar-refractivity contribution < 1.29 is 14.0 Å². The number of likely N-dealkylation sites (N-methyl/N-ethyl adjacent to an activating group) is 1. The fourth-order valence-electron chi connectivity index (χ4n) is 3.10. The highest BCUT2D eigenvalue weighted by Crippen LogP contribution is 2.19. The molecule has 156 valence electrons. The van der Waals surface area contributed by atoms with Crippen molar-refractivity contribution in [3.8, 4) is 0 Å². The lowest BCUT2D eigenvalue weighted by Crippen LogP contribution is -2.49. The molecule has 0 aliphatic heterocycles. The van der Waals surface area contributed by atoms with Crippen LogP contribution >= 0.6 is 11.8 Å². The number of thioether (sulfide) groups is 1. The van der Waals surface area contributed by atoms with E-state index in [-0.39, 0.29) is 29.9 Å². The van der Waals surface area contributed by atoms with Crippen LogP contribution in [0.25, 0.3) is 0 Å². The van der Waals surface area contributed by atoms with Crippen molar-refractivity contribution in [2.75, 3.05) is 12.3 Å². The number of benzene rings is 2. The van der Waals surface area contributed by atoms with Gasteiger partial charge in [-0.3, -0.25) is 9.59 Å². The van der Waals surface area contributed by atoms with E-state index < -0.39 is 6.04 Å². The summed E-state index contributed by atoms with van der Waals surface area (Å²) in [7, 11) is 0. The smallest absolute Gasteiger partial charge is 0.242 e. The quantitative estimate of drug-likeness (QED) is 0.628. The molecule has 0 spiro atoms. The van der Waals surface area contributed by atoms with Crippen LogP contribution in [0.4, 0.5) is 4.39 Å². The Labute approximate surface area is 176 Å². The van der Waals surface area contributed by atoms with Crippen LogP contribution < -0.4 is 5.32 Å². The summed E-state index contributed by atoms with van der Waals surface area (Å²) in [5, 5.41) is 2.82. The molecule has 2 aromatic rings. The SMILES string of the molecule is CCNC(=O)[C@@H](CC)N(Cc1ccc(F)cc1)C(=O)CSCc1ccccc1C. The monoisotopic (exact) mass is 416 g/mol. The van der Waals surface area contributed by atoms with Gasteiger partial charge in [-0.05, 0) is 49.1 Å². The standard InChI is InChI=1S/C23H29FN2O2S/c1-4-21(23(28)25-5-2)26(14-18-10-12-20(24)13-11-18)22(27)16-29-15-19-9-7-6-8-17(19)3/h6-13,21H,4-5,14-16H2,1-3H3,(H,25,28)/t21-/m1/s1. The molecule has 0 aromatic heterocycles. The molecule has 2 amide bonds. The Balaban J connectivity index is 2.11. The van der Waals surface area contributed by atoms with Gasteiger partial charge in [0.1, 0.15) is 11.9 Å². The van der Waals surface area contributed by atoms with Crippen LogP contribution in [0.3, 0.4) is 0 Å². The van der Waals surface area contributed by atoms with Crippen molar-refractivity contribution in [1.29, 1.82) is 0 Å². The van der Waals surface area contributed by atoms with Gasteiger partial charge in [0.2, 0.25) is 11.8 Å². The topological polar surface area (TPSA) is 49.4 Å². The van der Waals surface area contributed by atoms with E-state index >= 15 is 0 Å². The second kappa shape index (κ2) is 11.6. The number of carbonyl (C=O) groups excluding carboxylic acids is 2. The first-order chi connectivity index (χ1) is 14.0. The second-order valence-corrected chi connectivity index (χ2v) is 7.87. The van der Waals surface area contributed by atoms with Gasteiger partial charge in [-0.1, -0.05) is 43.3 Å². The fourth-order valence-corrected chi connectivity index (χ4v) is 4.09. The molecule has 0 bridgehead atoms. The summed E-state index contributed by atoms with van der Waals surface area (Å²) in [6.07, 6.45) is 0.515. The lowest BCUT2D eigenvalue weighted by Gasteiger charge is -2.30. The molecular weight excluding hydrogens is 387 g/mol. The van der Waals surface area contributed by atoms with Gasteiger partial charge in [-0.2, -0.15) is 0 Å². The third-order valence-electron chi connectivity index (χ3n) is 4.75. The first kappa shape index (κ1) is 22.9. The second-order valence-electron chi connectivity index (χ2n) is 6.89. The van der Waals surface area contributed by atoms with E-state index in [1.54, 1.807) is 28.8 Å². The summed E-state index contributed by atoms with van der Waals surface area (Å²) in [5.74, 6) is 0.447. The molecule has 2 aromatic carbocycles. The maximum atomic E-state index is 13.2. The Bertz CT molecular complexity index is 811. The molecule has 0 radical (unpaired) electrons. The largest absolute Gasteiger partial charge is 0.355 e. The van der Waals surface area contributed by atoms with Crippen molar-refractivity contribution in [1.82, 2.24) is 10.2 Å². The number of nitrogens with zero attached hydrogens (tertiary/aromatic N) is 1. The minimum absolute atomic E-state index is 0.0917. The first-order valence-electron chi connectivity index (χ1n) is 9.90. The summed E-state index contributed by atoms with van der Waals surface area (Å²) >= 11 is 1.54. The highest BCUT2D eigenvalue weighted by molar-refractivity contribution is 7.99. The number of hydrogen-bond donors (Lipinski definition) is 1. The zero-order chi connectivity index (χ0) is 21.2. The van der Waals surface area contributed by atoms with E-state index in [9.17, 15) is 14.0 Å². The van der Waals surface area contributed by atoms with Gasteiger partial charge in [-0.25, -0.2) is 4.39 Å². The van der Waals surface area contributed by atoms with Crippen molar-refractivity contribution in [3.63, 3.8) is 0 Å². The van der Waals surface area contributed by atoms with Crippen LogP contribution in [-0.2, 0) is 21.9 Å². The molecule has 6 heteroatoms. The molecule has 0 saturated carbocycles. The van der Waals surface area contributed by atoms with Crippen molar-refractivity contribution in [2.45, 2.75) is 45.5 Å². The summed E-state index contributed by atoms with van der Waals surface area (Å²) in [4.78, 5) is 27.2. The number of carbonyl (C=O) groups is 2. The van der Waals surface area contributed by atoms with Crippen LogP contribution in [0.2, 0.25) is 0 Å². The third-order valence-corrected chi connectivity index (χ3v) is 5.71. The fraction of sp³-hybridized carbons (Fsp3) is 0.391. The molecule has 0 aliphatic carbocycles. The Hall–Kier alpha value is -2.34. The molecule has 0 heterocycles. The van der Waals surface area contributed by atoms with Gasteiger partial charge >= 0.3 is 0 Å². The summed E-state index contributed by atoms with van der Waals surface area (Å²) in [6.45, 7) is 6.59. The van der Waals surface area contributed by atoms with E-state index in [0.29, 0.717) is 13.0 Å². The molecule has 29 heavy (non-hydrogen) atoms. The van der Waals surface area contributed by atoms with Gasteiger partial charge in [0.05, 0.1) is 5.75 Å².